The summed E-state index contributed by atoms with van der Waals surface area (Å²) in [5.74, 6) is 1.60. The van der Waals surface area contributed by atoms with Gasteiger partial charge in [0, 0.05) is 25.1 Å². The van der Waals surface area contributed by atoms with E-state index in [1.165, 1.54) is 0 Å². The smallest absolute Gasteiger partial charge is 0.111 e. The molecule has 1 atom stereocenters. The molecule has 0 aliphatic carbocycles. The predicted molar refractivity (Wildman–Crippen MR) is 75.5 cm³/mol. The molecule has 19 heavy (non-hydrogen) atoms. The van der Waals surface area contributed by atoms with Crippen LogP contribution < -0.4 is 0 Å². The van der Waals surface area contributed by atoms with Crippen LogP contribution in [0.1, 0.15) is 25.6 Å². The summed E-state index contributed by atoms with van der Waals surface area (Å²) >= 11 is 5.89. The first-order valence-electron chi connectivity index (χ1n) is 6.71. The van der Waals surface area contributed by atoms with Gasteiger partial charge in [0.1, 0.15) is 11.3 Å². The molecule has 1 aliphatic rings. The number of hydrogen-bond acceptors (Lipinski definition) is 3. The summed E-state index contributed by atoms with van der Waals surface area (Å²) < 4.78 is 8.14. The minimum absolute atomic E-state index is 0.0854. The molecular weight excluding hydrogens is 262 g/mol. The average molecular weight is 280 g/mol. The van der Waals surface area contributed by atoms with E-state index in [1.54, 1.807) is 6.20 Å². The number of nitrogens with zero attached hydrogens (tertiary/aromatic N) is 3. The lowest BCUT2D eigenvalue weighted by atomic mass is 10.0. The maximum Gasteiger partial charge on any atom is 0.111 e. The van der Waals surface area contributed by atoms with E-state index in [1.807, 2.05) is 12.3 Å². The van der Waals surface area contributed by atoms with E-state index >= 15 is 0 Å². The second-order valence-corrected chi connectivity index (χ2v) is 5.70. The van der Waals surface area contributed by atoms with E-state index in [-0.39, 0.29) is 5.60 Å². The van der Waals surface area contributed by atoms with Crippen LogP contribution in [0.5, 0.6) is 0 Å². The first-order chi connectivity index (χ1) is 9.22. The SMILES string of the molecule is CC1(Cn2c(CCCl)nc3cnccc32)CCCO1. The van der Waals surface area contributed by atoms with Crippen LogP contribution in [0.4, 0.5) is 0 Å². The molecule has 1 fully saturated rings. The van der Waals surface area contributed by atoms with E-state index in [0.717, 1.165) is 49.3 Å². The van der Waals surface area contributed by atoms with Gasteiger partial charge in [0.05, 0.1) is 23.9 Å². The van der Waals surface area contributed by atoms with E-state index in [4.69, 9.17) is 16.3 Å². The zero-order valence-electron chi connectivity index (χ0n) is 11.1. The molecule has 0 bridgehead atoms. The molecule has 1 unspecified atom stereocenters. The van der Waals surface area contributed by atoms with Crippen molar-refractivity contribution in [1.29, 1.82) is 0 Å². The normalized spacial score (nSPS) is 23.3. The largest absolute Gasteiger partial charge is 0.373 e. The lowest BCUT2D eigenvalue weighted by Gasteiger charge is -2.25. The number of imidazole rings is 1. The Morgan fingerprint density at radius 2 is 2.42 bits per heavy atom. The number of halogens is 1. The van der Waals surface area contributed by atoms with Crippen molar-refractivity contribution >= 4 is 22.6 Å². The van der Waals surface area contributed by atoms with E-state index < -0.39 is 0 Å². The Balaban J connectivity index is 2.01. The molecule has 1 aliphatic heterocycles. The fraction of sp³-hybridized carbons (Fsp3) is 0.571. The first kappa shape index (κ1) is 12.9. The van der Waals surface area contributed by atoms with Crippen molar-refractivity contribution < 1.29 is 4.74 Å². The topological polar surface area (TPSA) is 39.9 Å². The van der Waals surface area contributed by atoms with Crippen molar-refractivity contribution in [3.05, 3.63) is 24.3 Å². The van der Waals surface area contributed by atoms with Gasteiger partial charge in [0.25, 0.3) is 0 Å². The van der Waals surface area contributed by atoms with E-state index in [2.05, 4.69) is 21.5 Å². The van der Waals surface area contributed by atoms with E-state index in [9.17, 15) is 0 Å². The van der Waals surface area contributed by atoms with Crippen molar-refractivity contribution in [2.45, 2.75) is 38.3 Å². The molecule has 0 amide bonds. The molecule has 0 spiro atoms. The summed E-state index contributed by atoms with van der Waals surface area (Å²) in [6.45, 7) is 3.87. The molecule has 2 aromatic rings. The van der Waals surface area contributed by atoms with Gasteiger partial charge in [0.15, 0.2) is 0 Å². The third kappa shape index (κ3) is 2.47. The zero-order valence-corrected chi connectivity index (χ0v) is 11.9. The van der Waals surface area contributed by atoms with Gasteiger partial charge in [-0.1, -0.05) is 0 Å². The van der Waals surface area contributed by atoms with Crippen molar-refractivity contribution in [3.63, 3.8) is 0 Å². The van der Waals surface area contributed by atoms with Gasteiger partial charge in [-0.15, -0.1) is 11.6 Å². The maximum atomic E-state index is 5.90. The fourth-order valence-corrected chi connectivity index (χ4v) is 2.95. The van der Waals surface area contributed by atoms with Crippen LogP contribution in [-0.4, -0.2) is 32.6 Å². The minimum Gasteiger partial charge on any atom is -0.373 e. The standard InChI is InChI=1S/C14H18ClN3O/c1-14(5-2-8-19-14)10-18-12-4-7-16-9-11(12)17-13(18)3-6-15/h4,7,9H,2-3,5-6,8,10H2,1H3. The fourth-order valence-electron chi connectivity index (χ4n) is 2.78. The van der Waals surface area contributed by atoms with Crippen LogP contribution >= 0.6 is 11.6 Å². The number of rotatable bonds is 4. The Morgan fingerprint density at radius 1 is 1.53 bits per heavy atom. The number of aryl methyl sites for hydroxylation is 1. The third-order valence-electron chi connectivity index (χ3n) is 3.74. The summed E-state index contributed by atoms with van der Waals surface area (Å²) in [6, 6.07) is 2.01. The molecular formula is C14H18ClN3O. The van der Waals surface area contributed by atoms with Crippen molar-refractivity contribution in [3.8, 4) is 0 Å². The maximum absolute atomic E-state index is 5.90. The summed E-state index contributed by atoms with van der Waals surface area (Å²) in [6.07, 6.45) is 6.62. The van der Waals surface area contributed by atoms with Gasteiger partial charge in [-0.05, 0) is 25.8 Å². The highest BCUT2D eigenvalue weighted by atomic mass is 35.5. The summed E-state index contributed by atoms with van der Waals surface area (Å²) in [4.78, 5) is 8.77. The molecule has 0 radical (unpaired) electrons. The Bertz CT molecular complexity index is 575. The molecule has 5 heteroatoms. The highest BCUT2D eigenvalue weighted by Gasteiger charge is 2.31. The Kier molecular flexibility index (Phi) is 3.46. The Hall–Kier alpha value is -1.13. The number of hydrogen-bond donors (Lipinski definition) is 0. The van der Waals surface area contributed by atoms with Crippen molar-refractivity contribution in [2.75, 3.05) is 12.5 Å². The number of fused-ring (bicyclic) bond motifs is 1. The van der Waals surface area contributed by atoms with Crippen LogP contribution in [0.15, 0.2) is 18.5 Å². The number of alkyl halides is 1. The first-order valence-corrected chi connectivity index (χ1v) is 7.24. The van der Waals surface area contributed by atoms with Gasteiger partial charge in [-0.2, -0.15) is 0 Å². The Morgan fingerprint density at radius 3 is 3.16 bits per heavy atom. The number of aromatic nitrogens is 3. The van der Waals surface area contributed by atoms with Gasteiger partial charge < -0.3 is 9.30 Å². The molecule has 2 aromatic heterocycles. The molecule has 3 heterocycles. The number of pyridine rings is 1. The monoisotopic (exact) mass is 279 g/mol. The van der Waals surface area contributed by atoms with Gasteiger partial charge in [0.2, 0.25) is 0 Å². The lowest BCUT2D eigenvalue weighted by Crippen LogP contribution is -2.30. The molecule has 102 valence electrons. The van der Waals surface area contributed by atoms with Crippen LogP contribution in [0.2, 0.25) is 0 Å². The molecule has 0 N–H and O–H groups in total. The van der Waals surface area contributed by atoms with Gasteiger partial charge >= 0.3 is 0 Å². The second-order valence-electron chi connectivity index (χ2n) is 5.32. The van der Waals surface area contributed by atoms with E-state index in [0.29, 0.717) is 5.88 Å². The third-order valence-corrected chi connectivity index (χ3v) is 3.93. The highest BCUT2D eigenvalue weighted by Crippen LogP contribution is 2.29. The molecule has 4 nitrogen and oxygen atoms in total. The minimum atomic E-state index is -0.0854. The molecule has 0 saturated carbocycles. The molecule has 3 rings (SSSR count). The summed E-state index contributed by atoms with van der Waals surface area (Å²) in [7, 11) is 0. The predicted octanol–water partition coefficient (Wildman–Crippen LogP) is 2.78. The molecule has 0 aromatic carbocycles. The highest BCUT2D eigenvalue weighted by molar-refractivity contribution is 6.17. The number of ether oxygens (including phenoxy) is 1. The quantitative estimate of drug-likeness (QED) is 0.808. The molecule has 1 saturated heterocycles. The van der Waals surface area contributed by atoms with Crippen LogP contribution in [-0.2, 0) is 17.7 Å². The Labute approximate surface area is 117 Å². The van der Waals surface area contributed by atoms with Crippen molar-refractivity contribution in [2.24, 2.45) is 0 Å². The van der Waals surface area contributed by atoms with Crippen LogP contribution in [0.25, 0.3) is 11.0 Å². The van der Waals surface area contributed by atoms with Crippen molar-refractivity contribution in [1.82, 2.24) is 14.5 Å². The summed E-state index contributed by atoms with van der Waals surface area (Å²) in [5, 5.41) is 0. The van der Waals surface area contributed by atoms with Crippen LogP contribution in [0, 0.1) is 0 Å². The lowest BCUT2D eigenvalue weighted by molar-refractivity contribution is 0.00653. The van der Waals surface area contributed by atoms with Gasteiger partial charge in [-0.25, -0.2) is 4.98 Å². The second kappa shape index (κ2) is 5.10. The summed E-state index contributed by atoms with van der Waals surface area (Å²) in [5.41, 5.74) is 1.97. The average Bonchev–Trinajstić information content (AvgIpc) is 2.97. The van der Waals surface area contributed by atoms with Crippen LogP contribution in [0.3, 0.4) is 0 Å². The zero-order chi connectivity index (χ0) is 13.3. The van der Waals surface area contributed by atoms with Gasteiger partial charge in [-0.3, -0.25) is 4.98 Å².